The Morgan fingerprint density at radius 2 is 1.76 bits per heavy atom. The maximum atomic E-state index is 14.0. The van der Waals surface area contributed by atoms with Gasteiger partial charge >= 0.3 is 6.18 Å². The molecule has 2 aromatic carbocycles. The van der Waals surface area contributed by atoms with Crippen molar-refractivity contribution in [2.75, 3.05) is 12.4 Å². The molecule has 3 N–H and O–H groups in total. The lowest BCUT2D eigenvalue weighted by Crippen LogP contribution is -2.28. The van der Waals surface area contributed by atoms with Crippen LogP contribution in [0.15, 0.2) is 49.0 Å². The average Bonchev–Trinajstić information content (AvgIpc) is 2.81. The van der Waals surface area contributed by atoms with Crippen molar-refractivity contribution >= 4 is 37.0 Å². The fourth-order valence-corrected chi connectivity index (χ4v) is 3.66. The molecule has 1 aliphatic carbocycles. The summed E-state index contributed by atoms with van der Waals surface area (Å²) in [5, 5.41) is 9.34. The summed E-state index contributed by atoms with van der Waals surface area (Å²) in [5.41, 5.74) is 0.856. The van der Waals surface area contributed by atoms with E-state index in [-0.39, 0.29) is 29.9 Å². The molecule has 2 atom stereocenters. The predicted molar refractivity (Wildman–Crippen MR) is 128 cm³/mol. The molecule has 0 heterocycles. The average molecular weight is 501 g/mol. The Kier molecular flexibility index (Phi) is 12.4. The fourth-order valence-electron chi connectivity index (χ4n) is 3.66. The molecule has 1 aliphatic rings. The van der Waals surface area contributed by atoms with E-state index >= 15 is 0 Å². The Hall–Kier alpha value is -2.85. The number of carbonyl (C=O) groups excluding carboxylic acids is 1. The molecule has 10 heteroatoms. The standard InChI is InChI=1S/C22H21F4NO.CH5NS.CH2O2/c1-2-14-6-8-15(9-7-14)16-4-3-5-17(12-16)21(28)27-20-11-10-18(13-19(20)23)22(24,25)26;1-2-3;2-1-3/h2,6-11,13,16-17H,1,3-5,12H2,(H,27,28);2-3H,1H3;1H,(H,2,3). The Balaban J connectivity index is 0.000000872. The first-order valence-electron chi connectivity index (χ1n) is 10.4. The Morgan fingerprint density at radius 1 is 1.18 bits per heavy atom. The number of hydrogen-bond acceptors (Lipinski definition) is 4. The van der Waals surface area contributed by atoms with Gasteiger partial charge in [0.1, 0.15) is 5.82 Å². The molecule has 5 nitrogen and oxygen atoms in total. The van der Waals surface area contributed by atoms with Crippen LogP contribution < -0.4 is 10.0 Å². The van der Waals surface area contributed by atoms with E-state index in [2.05, 4.69) is 29.4 Å². The van der Waals surface area contributed by atoms with Gasteiger partial charge in [0.15, 0.2) is 0 Å². The van der Waals surface area contributed by atoms with Crippen molar-refractivity contribution in [3.05, 3.63) is 71.6 Å². The van der Waals surface area contributed by atoms with E-state index in [0.29, 0.717) is 18.9 Å². The van der Waals surface area contributed by atoms with Crippen LogP contribution in [0.4, 0.5) is 23.2 Å². The minimum absolute atomic E-state index is 0.223. The monoisotopic (exact) mass is 500 g/mol. The van der Waals surface area contributed by atoms with Gasteiger partial charge in [-0.2, -0.15) is 13.2 Å². The molecule has 0 aliphatic heterocycles. The van der Waals surface area contributed by atoms with E-state index in [1.807, 2.05) is 24.3 Å². The minimum Gasteiger partial charge on any atom is -0.483 e. The smallest absolute Gasteiger partial charge is 0.416 e. The highest BCUT2D eigenvalue weighted by Crippen LogP contribution is 2.37. The number of thiol groups is 1. The second-order valence-electron chi connectivity index (χ2n) is 7.44. The Morgan fingerprint density at radius 3 is 2.26 bits per heavy atom. The van der Waals surface area contributed by atoms with Gasteiger partial charge in [-0.1, -0.05) is 56.2 Å². The molecule has 34 heavy (non-hydrogen) atoms. The van der Waals surface area contributed by atoms with Crippen molar-refractivity contribution in [3.63, 3.8) is 0 Å². The first-order chi connectivity index (χ1) is 16.1. The van der Waals surface area contributed by atoms with E-state index in [9.17, 15) is 22.4 Å². The van der Waals surface area contributed by atoms with E-state index in [1.165, 1.54) is 0 Å². The van der Waals surface area contributed by atoms with Crippen molar-refractivity contribution in [1.82, 2.24) is 4.72 Å². The van der Waals surface area contributed by atoms with Crippen LogP contribution in [0.25, 0.3) is 6.08 Å². The highest BCUT2D eigenvalue weighted by molar-refractivity contribution is 7.78. The van der Waals surface area contributed by atoms with Crippen molar-refractivity contribution in [2.45, 2.75) is 37.8 Å². The van der Waals surface area contributed by atoms with E-state index in [4.69, 9.17) is 9.90 Å². The van der Waals surface area contributed by atoms with Crippen LogP contribution in [0.2, 0.25) is 0 Å². The van der Waals surface area contributed by atoms with Gasteiger partial charge in [-0.05, 0) is 61.6 Å². The third kappa shape index (κ3) is 9.18. The summed E-state index contributed by atoms with van der Waals surface area (Å²) in [4.78, 5) is 20.9. The Bertz CT molecular complexity index is 937. The number of alkyl halides is 3. The third-order valence-corrected chi connectivity index (χ3v) is 5.24. The first kappa shape index (κ1) is 29.2. The topological polar surface area (TPSA) is 78.4 Å². The van der Waals surface area contributed by atoms with Crippen LogP contribution in [-0.2, 0) is 15.8 Å². The Labute approximate surface area is 201 Å². The molecule has 0 spiro atoms. The summed E-state index contributed by atoms with van der Waals surface area (Å²) >= 11 is 3.54. The normalized spacial score (nSPS) is 17.2. The van der Waals surface area contributed by atoms with Gasteiger partial charge in [0.2, 0.25) is 5.91 Å². The van der Waals surface area contributed by atoms with Gasteiger partial charge in [-0.15, -0.1) is 0 Å². The summed E-state index contributed by atoms with van der Waals surface area (Å²) in [7, 11) is 1.74. The molecule has 2 aromatic rings. The van der Waals surface area contributed by atoms with Crippen molar-refractivity contribution in [1.29, 1.82) is 0 Å². The molecule has 3 rings (SSSR count). The van der Waals surface area contributed by atoms with Gasteiger partial charge in [-0.3, -0.25) is 14.3 Å². The quantitative estimate of drug-likeness (QED) is 0.231. The van der Waals surface area contributed by atoms with E-state index < -0.39 is 17.6 Å². The molecule has 0 bridgehead atoms. The molecule has 1 saturated carbocycles. The second-order valence-corrected chi connectivity index (χ2v) is 7.89. The lowest BCUT2D eigenvalue weighted by atomic mass is 9.77. The first-order valence-corrected chi connectivity index (χ1v) is 10.8. The number of hydrogen-bond donors (Lipinski definition) is 4. The van der Waals surface area contributed by atoms with Gasteiger partial charge < -0.3 is 10.4 Å². The molecule has 0 radical (unpaired) electrons. The largest absolute Gasteiger partial charge is 0.483 e. The summed E-state index contributed by atoms with van der Waals surface area (Å²) in [5.74, 6) is -1.53. The maximum absolute atomic E-state index is 14.0. The van der Waals surface area contributed by atoms with Crippen molar-refractivity contribution < 1.29 is 32.3 Å². The highest BCUT2D eigenvalue weighted by atomic mass is 32.1. The molecule has 0 aromatic heterocycles. The maximum Gasteiger partial charge on any atom is 0.416 e. The summed E-state index contributed by atoms with van der Waals surface area (Å²) in [6, 6.07) is 10.1. The van der Waals surface area contributed by atoms with Gasteiger partial charge in [0.05, 0.1) is 11.3 Å². The highest BCUT2D eigenvalue weighted by Gasteiger charge is 2.32. The van der Waals surface area contributed by atoms with Crippen molar-refractivity contribution in [3.8, 4) is 0 Å². The SMILES string of the molecule is C=Cc1ccc(C2CCCC(C(=O)Nc3ccc(C(F)(F)F)cc3F)C2)cc1.CNS.O=CO. The number of amides is 1. The number of carboxylic acid groups (broad SMARTS) is 1. The number of nitrogens with one attached hydrogen (secondary N) is 2. The number of halogens is 4. The second kappa shape index (κ2) is 14.4. The minimum atomic E-state index is -4.62. The van der Waals surface area contributed by atoms with E-state index in [1.54, 1.807) is 13.1 Å². The zero-order chi connectivity index (χ0) is 25.7. The molecule has 2 unspecified atom stereocenters. The zero-order valence-corrected chi connectivity index (χ0v) is 19.5. The van der Waals surface area contributed by atoms with Crippen molar-refractivity contribution in [2.24, 2.45) is 5.92 Å². The van der Waals surface area contributed by atoms with Crippen LogP contribution in [0.3, 0.4) is 0 Å². The molecule has 1 amide bonds. The summed E-state index contributed by atoms with van der Waals surface area (Å²) in [6.07, 6.45) is 0.269. The lowest BCUT2D eigenvalue weighted by molar-refractivity contribution is -0.137. The van der Waals surface area contributed by atoms with Crippen LogP contribution in [0.1, 0.15) is 48.3 Å². The zero-order valence-electron chi connectivity index (χ0n) is 18.6. The van der Waals surface area contributed by atoms with Crippen LogP contribution >= 0.6 is 12.8 Å². The van der Waals surface area contributed by atoms with Gasteiger partial charge in [0.25, 0.3) is 6.47 Å². The van der Waals surface area contributed by atoms with E-state index in [0.717, 1.165) is 36.1 Å². The lowest BCUT2D eigenvalue weighted by Gasteiger charge is -2.29. The van der Waals surface area contributed by atoms with Crippen LogP contribution in [0.5, 0.6) is 0 Å². The summed E-state index contributed by atoms with van der Waals surface area (Å²) in [6.45, 7) is 3.48. The number of carbonyl (C=O) groups is 2. The van der Waals surface area contributed by atoms with Gasteiger partial charge in [0, 0.05) is 5.92 Å². The third-order valence-electron chi connectivity index (χ3n) is 5.24. The number of benzene rings is 2. The molecular weight excluding hydrogens is 472 g/mol. The summed E-state index contributed by atoms with van der Waals surface area (Å²) < 4.78 is 54.4. The molecule has 1 fully saturated rings. The molecular formula is C24H28F4N2O3S. The number of rotatable bonds is 4. The fraction of sp³-hybridized carbons (Fsp3) is 0.333. The molecule has 186 valence electrons. The van der Waals surface area contributed by atoms with Crippen LogP contribution in [0, 0.1) is 11.7 Å². The predicted octanol–water partition coefficient (Wildman–Crippen LogP) is 6.15. The molecule has 0 saturated heterocycles. The van der Waals surface area contributed by atoms with Crippen LogP contribution in [-0.4, -0.2) is 24.5 Å². The number of anilines is 1. The van der Waals surface area contributed by atoms with Gasteiger partial charge in [-0.25, -0.2) is 4.39 Å².